The molecule has 17 heavy (non-hydrogen) atoms. The lowest BCUT2D eigenvalue weighted by molar-refractivity contribution is 0.571. The van der Waals surface area contributed by atoms with Gasteiger partial charge in [0.15, 0.2) is 0 Å². The SMILES string of the molecule is CC(C)(C)c1ccc2c(n1)[nH]c1ccccc12. The molecule has 0 unspecified atom stereocenters. The van der Waals surface area contributed by atoms with Gasteiger partial charge in [0, 0.05) is 27.4 Å². The molecule has 0 aliphatic rings. The Hall–Kier alpha value is -1.83. The van der Waals surface area contributed by atoms with Crippen LogP contribution < -0.4 is 0 Å². The summed E-state index contributed by atoms with van der Waals surface area (Å²) < 4.78 is 0. The van der Waals surface area contributed by atoms with Crippen LogP contribution in [0.5, 0.6) is 0 Å². The summed E-state index contributed by atoms with van der Waals surface area (Å²) in [6.45, 7) is 6.55. The Morgan fingerprint density at radius 1 is 0.941 bits per heavy atom. The summed E-state index contributed by atoms with van der Waals surface area (Å²) in [5, 5.41) is 2.45. The topological polar surface area (TPSA) is 28.7 Å². The van der Waals surface area contributed by atoms with Gasteiger partial charge in [0.25, 0.3) is 0 Å². The minimum atomic E-state index is 0.0888. The fraction of sp³-hybridized carbons (Fsp3) is 0.267. The molecule has 3 rings (SSSR count). The second kappa shape index (κ2) is 3.33. The summed E-state index contributed by atoms with van der Waals surface area (Å²) in [4.78, 5) is 8.11. The number of benzene rings is 1. The van der Waals surface area contributed by atoms with Gasteiger partial charge in [-0.15, -0.1) is 0 Å². The number of nitrogens with zero attached hydrogens (tertiary/aromatic N) is 1. The van der Waals surface area contributed by atoms with Crippen molar-refractivity contribution in [2.75, 3.05) is 0 Å². The second-order valence-electron chi connectivity index (χ2n) is 5.51. The van der Waals surface area contributed by atoms with Crippen molar-refractivity contribution in [3.63, 3.8) is 0 Å². The molecule has 0 aliphatic heterocycles. The van der Waals surface area contributed by atoms with E-state index in [9.17, 15) is 0 Å². The van der Waals surface area contributed by atoms with Crippen LogP contribution >= 0.6 is 0 Å². The maximum atomic E-state index is 4.73. The van der Waals surface area contributed by atoms with Gasteiger partial charge < -0.3 is 4.98 Å². The number of para-hydroxylation sites is 1. The number of hydrogen-bond acceptors (Lipinski definition) is 1. The number of hydrogen-bond donors (Lipinski definition) is 1. The molecule has 2 heterocycles. The number of rotatable bonds is 0. The standard InChI is InChI=1S/C15H16N2/c1-15(2,3)13-9-8-11-10-6-4-5-7-12(10)16-14(11)17-13/h4-9H,1-3H3,(H,16,17). The molecule has 2 heteroatoms. The molecule has 3 aromatic rings. The zero-order chi connectivity index (χ0) is 12.0. The van der Waals surface area contributed by atoms with Crippen LogP contribution in [0.25, 0.3) is 21.9 Å². The summed E-state index contributed by atoms with van der Waals surface area (Å²) in [6, 6.07) is 12.6. The van der Waals surface area contributed by atoms with Crippen molar-refractivity contribution in [2.45, 2.75) is 26.2 Å². The van der Waals surface area contributed by atoms with E-state index in [4.69, 9.17) is 4.98 Å². The summed E-state index contributed by atoms with van der Waals surface area (Å²) in [5.74, 6) is 0. The number of aromatic nitrogens is 2. The van der Waals surface area contributed by atoms with Crippen molar-refractivity contribution in [1.29, 1.82) is 0 Å². The molecule has 0 saturated carbocycles. The molecule has 0 radical (unpaired) electrons. The highest BCUT2D eigenvalue weighted by Gasteiger charge is 2.16. The number of pyridine rings is 1. The van der Waals surface area contributed by atoms with Gasteiger partial charge in [-0.3, -0.25) is 0 Å². The first kappa shape index (κ1) is 10.3. The highest BCUT2D eigenvalue weighted by molar-refractivity contribution is 6.05. The van der Waals surface area contributed by atoms with Crippen molar-refractivity contribution in [2.24, 2.45) is 0 Å². The molecule has 0 aliphatic carbocycles. The molecule has 2 aromatic heterocycles. The smallest absolute Gasteiger partial charge is 0.138 e. The molecule has 1 N–H and O–H groups in total. The normalized spacial score (nSPS) is 12.4. The predicted octanol–water partition coefficient (Wildman–Crippen LogP) is 4.01. The van der Waals surface area contributed by atoms with E-state index in [1.54, 1.807) is 0 Å². The maximum Gasteiger partial charge on any atom is 0.138 e. The van der Waals surface area contributed by atoms with Crippen LogP contribution in [0.2, 0.25) is 0 Å². The van der Waals surface area contributed by atoms with Crippen LogP contribution in [0.4, 0.5) is 0 Å². The van der Waals surface area contributed by atoms with E-state index in [0.29, 0.717) is 0 Å². The number of fused-ring (bicyclic) bond motifs is 3. The monoisotopic (exact) mass is 224 g/mol. The molecule has 0 amide bonds. The molecule has 0 spiro atoms. The van der Waals surface area contributed by atoms with Crippen LogP contribution in [0.15, 0.2) is 36.4 Å². The lowest BCUT2D eigenvalue weighted by Gasteiger charge is -2.17. The highest BCUT2D eigenvalue weighted by Crippen LogP contribution is 2.27. The van der Waals surface area contributed by atoms with Gasteiger partial charge in [0.1, 0.15) is 5.65 Å². The van der Waals surface area contributed by atoms with Gasteiger partial charge in [0.2, 0.25) is 0 Å². The van der Waals surface area contributed by atoms with E-state index < -0.39 is 0 Å². The van der Waals surface area contributed by atoms with Crippen LogP contribution in [-0.4, -0.2) is 9.97 Å². The molecule has 86 valence electrons. The van der Waals surface area contributed by atoms with Gasteiger partial charge in [0.05, 0.1) is 0 Å². The Labute approximate surface area is 101 Å². The van der Waals surface area contributed by atoms with E-state index in [0.717, 1.165) is 16.9 Å². The van der Waals surface area contributed by atoms with Gasteiger partial charge in [-0.25, -0.2) is 4.98 Å². The fourth-order valence-electron chi connectivity index (χ4n) is 2.14. The Kier molecular flexibility index (Phi) is 2.02. The first-order valence-electron chi connectivity index (χ1n) is 5.94. The van der Waals surface area contributed by atoms with E-state index >= 15 is 0 Å². The van der Waals surface area contributed by atoms with E-state index in [2.05, 4.69) is 56.1 Å². The summed E-state index contributed by atoms with van der Waals surface area (Å²) in [6.07, 6.45) is 0. The lowest BCUT2D eigenvalue weighted by Crippen LogP contribution is -2.13. The molecular weight excluding hydrogens is 208 g/mol. The second-order valence-corrected chi connectivity index (χ2v) is 5.51. The van der Waals surface area contributed by atoms with E-state index in [-0.39, 0.29) is 5.41 Å². The Bertz CT molecular complexity index is 687. The summed E-state index contributed by atoms with van der Waals surface area (Å²) in [7, 11) is 0. The quantitative estimate of drug-likeness (QED) is 0.614. The average molecular weight is 224 g/mol. The van der Waals surface area contributed by atoms with Crippen molar-refractivity contribution in [1.82, 2.24) is 9.97 Å². The highest BCUT2D eigenvalue weighted by atomic mass is 14.9. The molecule has 0 fully saturated rings. The Morgan fingerprint density at radius 3 is 2.47 bits per heavy atom. The first-order chi connectivity index (χ1) is 8.05. The Balaban J connectivity index is 2.34. The summed E-state index contributed by atoms with van der Waals surface area (Å²) >= 11 is 0. The predicted molar refractivity (Wildman–Crippen MR) is 72.3 cm³/mol. The molecule has 1 aromatic carbocycles. The minimum absolute atomic E-state index is 0.0888. The van der Waals surface area contributed by atoms with Crippen molar-refractivity contribution in [3.8, 4) is 0 Å². The molecule has 0 atom stereocenters. The van der Waals surface area contributed by atoms with E-state index in [1.165, 1.54) is 10.8 Å². The molecular formula is C15H16N2. The van der Waals surface area contributed by atoms with Gasteiger partial charge in [-0.05, 0) is 18.2 Å². The zero-order valence-corrected chi connectivity index (χ0v) is 10.4. The van der Waals surface area contributed by atoms with Crippen LogP contribution in [-0.2, 0) is 5.41 Å². The first-order valence-corrected chi connectivity index (χ1v) is 5.94. The van der Waals surface area contributed by atoms with Crippen molar-refractivity contribution < 1.29 is 0 Å². The number of nitrogens with one attached hydrogen (secondary N) is 1. The fourth-order valence-corrected chi connectivity index (χ4v) is 2.14. The third kappa shape index (κ3) is 1.60. The molecule has 0 bridgehead atoms. The minimum Gasteiger partial charge on any atom is -0.339 e. The number of H-pyrrole nitrogens is 1. The zero-order valence-electron chi connectivity index (χ0n) is 10.4. The van der Waals surface area contributed by atoms with Crippen LogP contribution in [0.3, 0.4) is 0 Å². The average Bonchev–Trinajstić information content (AvgIpc) is 2.65. The lowest BCUT2D eigenvalue weighted by atomic mass is 9.91. The van der Waals surface area contributed by atoms with Crippen molar-refractivity contribution >= 4 is 21.9 Å². The number of aromatic amines is 1. The van der Waals surface area contributed by atoms with Gasteiger partial charge >= 0.3 is 0 Å². The molecule has 0 saturated heterocycles. The van der Waals surface area contributed by atoms with Gasteiger partial charge in [-0.1, -0.05) is 39.0 Å². The van der Waals surface area contributed by atoms with Crippen LogP contribution in [0, 0.1) is 0 Å². The third-order valence-corrected chi connectivity index (χ3v) is 3.13. The largest absolute Gasteiger partial charge is 0.339 e. The molecule has 2 nitrogen and oxygen atoms in total. The van der Waals surface area contributed by atoms with Gasteiger partial charge in [-0.2, -0.15) is 0 Å². The Morgan fingerprint density at radius 2 is 1.71 bits per heavy atom. The third-order valence-electron chi connectivity index (χ3n) is 3.13. The van der Waals surface area contributed by atoms with Crippen molar-refractivity contribution in [3.05, 3.63) is 42.1 Å². The van der Waals surface area contributed by atoms with Crippen LogP contribution in [0.1, 0.15) is 26.5 Å². The maximum absolute atomic E-state index is 4.73. The van der Waals surface area contributed by atoms with E-state index in [1.807, 2.05) is 6.07 Å². The summed E-state index contributed by atoms with van der Waals surface area (Å²) in [5.41, 5.74) is 3.35.